The zero-order chi connectivity index (χ0) is 12.1. The van der Waals surface area contributed by atoms with Crippen LogP contribution >= 0.6 is 0 Å². The molecule has 0 aromatic heterocycles. The van der Waals surface area contributed by atoms with Crippen molar-refractivity contribution in [2.75, 3.05) is 14.2 Å². The molecule has 4 nitrogen and oxygen atoms in total. The van der Waals surface area contributed by atoms with Gasteiger partial charge in [-0.05, 0) is 0 Å². The van der Waals surface area contributed by atoms with Crippen molar-refractivity contribution in [3.8, 4) is 0 Å². The summed E-state index contributed by atoms with van der Waals surface area (Å²) < 4.78 is 44.8. The maximum Gasteiger partial charge on any atom is 0.413 e. The van der Waals surface area contributed by atoms with Gasteiger partial charge in [-0.3, -0.25) is 4.79 Å². The van der Waals surface area contributed by atoms with E-state index in [1.807, 2.05) is 0 Å². The molecule has 7 heteroatoms. The van der Waals surface area contributed by atoms with Crippen LogP contribution in [0.25, 0.3) is 0 Å². The van der Waals surface area contributed by atoms with Crippen LogP contribution in [-0.4, -0.2) is 32.3 Å². The van der Waals surface area contributed by atoms with E-state index in [-0.39, 0.29) is 6.08 Å². The molecule has 0 fully saturated rings. The Labute approximate surface area is 83.7 Å². The fourth-order valence-corrected chi connectivity index (χ4v) is 0.662. The molecule has 0 heterocycles. The Hall–Kier alpha value is -1.53. The highest BCUT2D eigenvalue weighted by molar-refractivity contribution is 5.84. The number of carbonyl (C=O) groups excluding carboxylic acids is 2. The van der Waals surface area contributed by atoms with Gasteiger partial charge in [0.1, 0.15) is 0 Å². The van der Waals surface area contributed by atoms with Crippen molar-refractivity contribution < 1.29 is 32.2 Å². The average Bonchev–Trinajstić information content (AvgIpc) is 2.14. The number of carbonyl (C=O) groups is 2. The lowest BCUT2D eigenvalue weighted by Gasteiger charge is -2.09. The third-order valence-corrected chi connectivity index (χ3v) is 1.42. The normalized spacial score (nSPS) is 12.2. The number of esters is 2. The van der Waals surface area contributed by atoms with Crippen molar-refractivity contribution in [1.29, 1.82) is 0 Å². The summed E-state index contributed by atoms with van der Waals surface area (Å²) in [5.41, 5.74) is -1.30. The lowest BCUT2D eigenvalue weighted by Crippen LogP contribution is -2.18. The fourth-order valence-electron chi connectivity index (χ4n) is 0.662. The van der Waals surface area contributed by atoms with Crippen molar-refractivity contribution in [3.63, 3.8) is 0 Å². The van der Waals surface area contributed by atoms with Crippen molar-refractivity contribution in [2.24, 2.45) is 0 Å². The molecule has 0 rings (SSSR count). The van der Waals surface area contributed by atoms with Crippen LogP contribution in [0.15, 0.2) is 11.6 Å². The molecule has 0 aliphatic heterocycles. The lowest BCUT2D eigenvalue weighted by molar-refractivity contribution is -0.143. The predicted molar refractivity (Wildman–Crippen MR) is 42.8 cm³/mol. The van der Waals surface area contributed by atoms with Gasteiger partial charge >= 0.3 is 18.1 Å². The number of hydrogen-bond donors (Lipinski definition) is 0. The maximum atomic E-state index is 12.2. The van der Waals surface area contributed by atoms with Gasteiger partial charge in [-0.15, -0.1) is 0 Å². The van der Waals surface area contributed by atoms with Crippen LogP contribution in [0, 0.1) is 0 Å². The minimum Gasteiger partial charge on any atom is -0.469 e. The van der Waals surface area contributed by atoms with Crippen LogP contribution in [0.5, 0.6) is 0 Å². The first-order chi connectivity index (χ1) is 6.81. The Kier molecular flexibility index (Phi) is 4.83. The second-order valence-corrected chi connectivity index (χ2v) is 2.44. The lowest BCUT2D eigenvalue weighted by atomic mass is 10.1. The summed E-state index contributed by atoms with van der Waals surface area (Å²) in [6.07, 6.45) is -5.56. The van der Waals surface area contributed by atoms with E-state index in [1.54, 1.807) is 0 Å². The SMILES string of the molecule is COC(=O)/C=C(/CC(=O)OC)C(F)(F)F. The van der Waals surface area contributed by atoms with E-state index in [2.05, 4.69) is 9.47 Å². The Balaban J connectivity index is 4.83. The van der Waals surface area contributed by atoms with Gasteiger partial charge in [0.2, 0.25) is 0 Å². The Morgan fingerprint density at radius 3 is 2.07 bits per heavy atom. The van der Waals surface area contributed by atoms with Gasteiger partial charge < -0.3 is 9.47 Å². The number of rotatable bonds is 3. The maximum absolute atomic E-state index is 12.2. The van der Waals surface area contributed by atoms with E-state index in [9.17, 15) is 22.8 Å². The first kappa shape index (κ1) is 13.5. The molecule has 0 saturated heterocycles. The monoisotopic (exact) mass is 226 g/mol. The van der Waals surface area contributed by atoms with Crippen LogP contribution in [0.4, 0.5) is 13.2 Å². The van der Waals surface area contributed by atoms with E-state index in [1.165, 1.54) is 0 Å². The van der Waals surface area contributed by atoms with E-state index in [0.717, 1.165) is 14.2 Å². The topological polar surface area (TPSA) is 52.6 Å². The molecular formula is C8H9F3O4. The summed E-state index contributed by atoms with van der Waals surface area (Å²) >= 11 is 0. The molecule has 0 unspecified atom stereocenters. The van der Waals surface area contributed by atoms with Crippen LogP contribution in [0.1, 0.15) is 6.42 Å². The quantitative estimate of drug-likeness (QED) is 0.536. The van der Waals surface area contributed by atoms with Crippen molar-refractivity contribution in [1.82, 2.24) is 0 Å². The van der Waals surface area contributed by atoms with E-state index >= 15 is 0 Å². The second-order valence-electron chi connectivity index (χ2n) is 2.44. The molecule has 0 radical (unpaired) electrons. The molecule has 0 atom stereocenters. The first-order valence-electron chi connectivity index (χ1n) is 3.73. The van der Waals surface area contributed by atoms with Gasteiger partial charge in [0, 0.05) is 6.08 Å². The smallest absolute Gasteiger partial charge is 0.413 e. The highest BCUT2D eigenvalue weighted by atomic mass is 19.4. The molecule has 0 amide bonds. The Morgan fingerprint density at radius 2 is 1.73 bits per heavy atom. The molecular weight excluding hydrogens is 217 g/mol. The number of alkyl halides is 3. The minimum atomic E-state index is -4.76. The highest BCUT2D eigenvalue weighted by Gasteiger charge is 2.35. The van der Waals surface area contributed by atoms with Crippen LogP contribution in [-0.2, 0) is 19.1 Å². The molecule has 0 spiro atoms. The van der Waals surface area contributed by atoms with Gasteiger partial charge in [-0.25, -0.2) is 4.79 Å². The zero-order valence-corrected chi connectivity index (χ0v) is 8.05. The van der Waals surface area contributed by atoms with Crippen LogP contribution < -0.4 is 0 Å². The largest absolute Gasteiger partial charge is 0.469 e. The molecule has 0 saturated carbocycles. The third-order valence-electron chi connectivity index (χ3n) is 1.42. The first-order valence-corrected chi connectivity index (χ1v) is 3.73. The van der Waals surface area contributed by atoms with Gasteiger partial charge in [0.15, 0.2) is 0 Å². The standard InChI is InChI=1S/C8H9F3O4/c1-14-6(12)3-5(8(9,10)11)4-7(13)15-2/h3H,4H2,1-2H3/b5-3-. The molecule has 0 N–H and O–H groups in total. The highest BCUT2D eigenvalue weighted by Crippen LogP contribution is 2.28. The Bertz CT molecular complexity index is 280. The van der Waals surface area contributed by atoms with E-state index in [0.29, 0.717) is 0 Å². The van der Waals surface area contributed by atoms with Crippen LogP contribution in [0.2, 0.25) is 0 Å². The molecule has 0 bridgehead atoms. The fraction of sp³-hybridized carbons (Fsp3) is 0.500. The average molecular weight is 226 g/mol. The van der Waals surface area contributed by atoms with Gasteiger partial charge in [0.25, 0.3) is 0 Å². The van der Waals surface area contributed by atoms with E-state index in [4.69, 9.17) is 0 Å². The number of methoxy groups -OCH3 is 2. The number of hydrogen-bond acceptors (Lipinski definition) is 4. The molecule has 15 heavy (non-hydrogen) atoms. The molecule has 0 aromatic rings. The molecule has 86 valence electrons. The third kappa shape index (κ3) is 5.04. The second kappa shape index (κ2) is 5.38. The van der Waals surface area contributed by atoms with Crippen LogP contribution in [0.3, 0.4) is 0 Å². The summed E-state index contributed by atoms with van der Waals surface area (Å²) in [7, 11) is 1.89. The van der Waals surface area contributed by atoms with Crippen molar-refractivity contribution in [2.45, 2.75) is 12.6 Å². The predicted octanol–water partition coefficient (Wildman–Crippen LogP) is 1.21. The van der Waals surface area contributed by atoms with Crippen molar-refractivity contribution >= 4 is 11.9 Å². The summed E-state index contributed by atoms with van der Waals surface area (Å²) in [4.78, 5) is 21.2. The molecule has 0 aromatic carbocycles. The van der Waals surface area contributed by atoms with Gasteiger partial charge in [-0.2, -0.15) is 13.2 Å². The number of halogens is 3. The summed E-state index contributed by atoms with van der Waals surface area (Å²) in [6.45, 7) is 0. The molecule has 0 aliphatic rings. The summed E-state index contributed by atoms with van der Waals surface area (Å²) in [5, 5.41) is 0. The van der Waals surface area contributed by atoms with Gasteiger partial charge in [-0.1, -0.05) is 0 Å². The molecule has 0 aliphatic carbocycles. The summed E-state index contributed by atoms with van der Waals surface area (Å²) in [6, 6.07) is 0. The van der Waals surface area contributed by atoms with Gasteiger partial charge in [0.05, 0.1) is 26.2 Å². The number of ether oxygens (including phenoxy) is 2. The summed E-state index contributed by atoms with van der Waals surface area (Å²) in [5.74, 6) is -2.26. The van der Waals surface area contributed by atoms with Crippen molar-refractivity contribution in [3.05, 3.63) is 11.6 Å². The van der Waals surface area contributed by atoms with E-state index < -0.39 is 30.1 Å². The Morgan fingerprint density at radius 1 is 1.20 bits per heavy atom. The zero-order valence-electron chi connectivity index (χ0n) is 8.05. The minimum absolute atomic E-state index is 0.219.